The van der Waals surface area contributed by atoms with Crippen molar-refractivity contribution in [2.24, 2.45) is 0 Å². The number of allylic oxidation sites excluding steroid dienone is 1. The summed E-state index contributed by atoms with van der Waals surface area (Å²) in [6.07, 6.45) is 4.94. The first kappa shape index (κ1) is 36.6. The SMILES string of the molecule is C#CC#CC#CC#CC#CC#CC#CC#CC#CC#CC#CC#CC#CC#CC#CC#CC(=C=C=C=C=C=C=C=C=C=C=C)NS. The van der Waals surface area contributed by atoms with Crippen LogP contribution >= 0.6 is 12.8 Å². The van der Waals surface area contributed by atoms with E-state index in [1.165, 1.54) is 0 Å². The molecule has 0 amide bonds. The van der Waals surface area contributed by atoms with Crippen molar-refractivity contribution in [3.8, 4) is 190 Å². The second-order valence-electron chi connectivity index (χ2n) is 5.68. The van der Waals surface area contributed by atoms with E-state index in [4.69, 9.17) is 6.42 Å². The molecule has 46 heavy (non-hydrogen) atoms. The summed E-state index contributed by atoms with van der Waals surface area (Å²) in [5, 5.41) is 0. The molecule has 0 aromatic rings. The van der Waals surface area contributed by atoms with Crippen LogP contribution in [-0.4, -0.2) is 0 Å². The summed E-state index contributed by atoms with van der Waals surface area (Å²) in [4.78, 5) is 0. The van der Waals surface area contributed by atoms with Crippen molar-refractivity contribution in [1.29, 1.82) is 0 Å². The molecule has 0 radical (unpaired) electrons. The molecule has 0 bridgehead atoms. The van der Waals surface area contributed by atoms with Crippen molar-refractivity contribution < 1.29 is 0 Å². The van der Waals surface area contributed by atoms with Crippen LogP contribution in [-0.2, 0) is 0 Å². The molecule has 0 aromatic carbocycles. The molecular weight excluding hydrogens is 575 g/mol. The standard InChI is InChI=1S/C44H5NS/c1-3-5-7-9-11-13-14-15-16-17-18-19-20-21-22-23-24-25-26-27-28-29-30-31-32-33-35-37-39-41-43-44(45-46)42-40-38-36-34-12-10-8-6-4-2/h1,45-46H,2H2. The van der Waals surface area contributed by atoms with Gasteiger partial charge in [0, 0.05) is 82.9 Å². The molecular formula is C44H5NS. The molecule has 0 aliphatic rings. The summed E-state index contributed by atoms with van der Waals surface area (Å²) in [6, 6.07) is 0. The highest BCUT2D eigenvalue weighted by molar-refractivity contribution is 7.78. The Bertz CT molecular complexity index is 2730. The third-order valence-corrected chi connectivity index (χ3v) is 3.06. The minimum Gasteiger partial charge on any atom is -0.318 e. The second-order valence-corrected chi connectivity index (χ2v) is 5.91. The van der Waals surface area contributed by atoms with Gasteiger partial charge < -0.3 is 4.72 Å². The lowest BCUT2D eigenvalue weighted by Gasteiger charge is -1.85. The highest BCUT2D eigenvalue weighted by atomic mass is 32.1. The quantitative estimate of drug-likeness (QED) is 0.276. The summed E-state index contributed by atoms with van der Waals surface area (Å²) < 4.78 is 2.52. The van der Waals surface area contributed by atoms with E-state index in [1.54, 1.807) is 0 Å². The van der Waals surface area contributed by atoms with Gasteiger partial charge in [0.1, 0.15) is 5.70 Å². The molecule has 0 unspecified atom stereocenters. The van der Waals surface area contributed by atoms with Gasteiger partial charge >= 0.3 is 0 Å². The maximum atomic E-state index is 4.94. The Hall–Kier alpha value is -9.35. The van der Waals surface area contributed by atoms with E-state index >= 15 is 0 Å². The lowest BCUT2D eigenvalue weighted by atomic mass is 10.4. The van der Waals surface area contributed by atoms with Crippen molar-refractivity contribution >= 4 is 12.8 Å². The molecule has 0 rings (SSSR count). The number of hydrogen-bond donors (Lipinski definition) is 2. The van der Waals surface area contributed by atoms with Crippen LogP contribution in [0, 0.1) is 190 Å². The molecule has 0 saturated heterocycles. The minimum absolute atomic E-state index is 0.297. The van der Waals surface area contributed by atoms with Crippen LogP contribution in [0.15, 0.2) is 69.6 Å². The van der Waals surface area contributed by atoms with E-state index in [-0.39, 0.29) is 0 Å². The van der Waals surface area contributed by atoms with Gasteiger partial charge in [0.25, 0.3) is 0 Å². The zero-order valence-electron chi connectivity index (χ0n) is 23.2. The fourth-order valence-electron chi connectivity index (χ4n) is 1.39. The van der Waals surface area contributed by atoms with Gasteiger partial charge in [-0.15, -0.1) is 6.42 Å². The van der Waals surface area contributed by atoms with Crippen molar-refractivity contribution in [1.82, 2.24) is 4.72 Å². The van der Waals surface area contributed by atoms with E-state index in [9.17, 15) is 0 Å². The maximum Gasteiger partial charge on any atom is 0.149 e. The molecule has 2 heteroatoms. The van der Waals surface area contributed by atoms with Gasteiger partial charge in [-0.1, -0.05) is 18.5 Å². The zero-order valence-corrected chi connectivity index (χ0v) is 24.1. The molecule has 192 valence electrons. The lowest BCUT2D eigenvalue weighted by molar-refractivity contribution is 1.34. The Morgan fingerprint density at radius 3 is 0.913 bits per heavy atom. The Morgan fingerprint density at radius 2 is 0.630 bits per heavy atom. The highest BCUT2D eigenvalue weighted by Crippen LogP contribution is 1.82. The third kappa shape index (κ3) is 30.9. The van der Waals surface area contributed by atoms with Gasteiger partial charge in [0.15, 0.2) is 0 Å². The van der Waals surface area contributed by atoms with Crippen LogP contribution in [0.2, 0.25) is 0 Å². The predicted molar refractivity (Wildman–Crippen MR) is 182 cm³/mol. The van der Waals surface area contributed by atoms with Crippen molar-refractivity contribution in [2.75, 3.05) is 0 Å². The van der Waals surface area contributed by atoms with Crippen LogP contribution in [0.5, 0.6) is 0 Å². The van der Waals surface area contributed by atoms with Crippen molar-refractivity contribution in [2.45, 2.75) is 0 Å². The highest BCUT2D eigenvalue weighted by Gasteiger charge is 1.79. The molecule has 1 nitrogen and oxygen atoms in total. The van der Waals surface area contributed by atoms with Gasteiger partial charge in [0.2, 0.25) is 0 Å². The number of terminal acetylenes is 1. The topological polar surface area (TPSA) is 12.0 Å². The Balaban J connectivity index is 4.88. The van der Waals surface area contributed by atoms with Gasteiger partial charge in [-0.25, -0.2) is 0 Å². The van der Waals surface area contributed by atoms with Crippen LogP contribution in [0.4, 0.5) is 0 Å². The molecule has 0 saturated carbocycles. The fourth-order valence-corrected chi connectivity index (χ4v) is 1.50. The third-order valence-electron chi connectivity index (χ3n) is 2.83. The monoisotopic (exact) mass is 579 g/mol. The van der Waals surface area contributed by atoms with Gasteiger partial charge in [-0.3, -0.25) is 0 Å². The van der Waals surface area contributed by atoms with E-state index in [1.807, 2.05) is 0 Å². The minimum atomic E-state index is 0.297. The average Bonchev–Trinajstić information content (AvgIpc) is 3.07. The predicted octanol–water partition coefficient (Wildman–Crippen LogP) is 2.17. The largest absolute Gasteiger partial charge is 0.318 e. The normalized spacial score (nSPS) is 4.26. The fraction of sp³-hybridized carbons (Fsp3) is 0. The molecule has 1 N–H and O–H groups in total. The number of thiol groups is 1. The Labute approximate surface area is 276 Å². The Morgan fingerprint density at radius 1 is 0.370 bits per heavy atom. The van der Waals surface area contributed by atoms with Crippen LogP contribution < -0.4 is 4.72 Å². The summed E-state index contributed by atoms with van der Waals surface area (Å²) in [7, 11) is 0. The summed E-state index contributed by atoms with van der Waals surface area (Å²) in [5.74, 6) is 76.9. The molecule has 0 spiro atoms. The molecule has 0 heterocycles. The summed E-state index contributed by atoms with van der Waals surface area (Å²) in [5.41, 5.74) is 25.3. The molecule has 0 atom stereocenters. The van der Waals surface area contributed by atoms with E-state index < -0.39 is 0 Å². The van der Waals surface area contributed by atoms with Gasteiger partial charge in [-0.2, -0.15) is 0 Å². The van der Waals surface area contributed by atoms with Crippen LogP contribution in [0.3, 0.4) is 0 Å². The van der Waals surface area contributed by atoms with Gasteiger partial charge in [0.05, 0.1) is 0 Å². The first-order chi connectivity index (χ1) is 22.8. The second kappa shape index (κ2) is 33.7. The van der Waals surface area contributed by atoms with E-state index in [2.05, 4.69) is 265 Å². The van der Waals surface area contributed by atoms with E-state index in [0.717, 1.165) is 0 Å². The van der Waals surface area contributed by atoms with Crippen LogP contribution in [0.1, 0.15) is 0 Å². The van der Waals surface area contributed by atoms with E-state index in [0.29, 0.717) is 5.70 Å². The first-order valence-corrected chi connectivity index (χ1v) is 11.8. The van der Waals surface area contributed by atoms with Crippen LogP contribution in [0.25, 0.3) is 0 Å². The summed E-state index contributed by atoms with van der Waals surface area (Å²) in [6.45, 7) is 3.32. The Kier molecular flexibility index (Phi) is 26.8. The molecule has 0 aliphatic carbocycles. The summed E-state index contributed by atoms with van der Waals surface area (Å²) >= 11 is 3.91. The number of rotatable bonds is 1. The van der Waals surface area contributed by atoms with Crippen molar-refractivity contribution in [3.05, 3.63) is 69.6 Å². The van der Waals surface area contributed by atoms with Gasteiger partial charge in [-0.05, 0) is 159 Å². The molecule has 0 aromatic heterocycles. The number of nitrogens with one attached hydrogen (secondary N) is 1. The number of hydrogen-bond acceptors (Lipinski definition) is 2. The average molecular weight is 580 g/mol. The zero-order chi connectivity index (χ0) is 33.3. The molecule has 0 aliphatic heterocycles. The molecule has 0 fully saturated rings. The maximum absolute atomic E-state index is 4.94. The first-order valence-electron chi connectivity index (χ1n) is 11.4. The van der Waals surface area contributed by atoms with Crippen molar-refractivity contribution in [3.63, 3.8) is 0 Å². The smallest absolute Gasteiger partial charge is 0.149 e. The lowest BCUT2D eigenvalue weighted by Crippen LogP contribution is -1.93.